The van der Waals surface area contributed by atoms with Gasteiger partial charge in [0.25, 0.3) is 5.56 Å². The number of hydrogen-bond donors (Lipinski definition) is 0. The van der Waals surface area contributed by atoms with Gasteiger partial charge in [0.05, 0.1) is 0 Å². The van der Waals surface area contributed by atoms with E-state index in [0.717, 1.165) is 0 Å². The molecule has 1 rings (SSSR count). The van der Waals surface area contributed by atoms with Crippen molar-refractivity contribution >= 4 is 0 Å². The topological polar surface area (TPSA) is 34.9 Å². The van der Waals surface area contributed by atoms with Crippen molar-refractivity contribution in [1.82, 2.24) is 9.55 Å². The van der Waals surface area contributed by atoms with E-state index in [9.17, 15) is 4.79 Å². The molecule has 1 aromatic heterocycles. The van der Waals surface area contributed by atoms with Crippen molar-refractivity contribution in [3.63, 3.8) is 0 Å². The van der Waals surface area contributed by atoms with Gasteiger partial charge >= 0.3 is 0 Å². The van der Waals surface area contributed by atoms with Crippen molar-refractivity contribution < 1.29 is 32.7 Å². The molecule has 10 heavy (non-hydrogen) atoms. The molecule has 0 aliphatic carbocycles. The van der Waals surface area contributed by atoms with Gasteiger partial charge in [-0.2, -0.15) is 0 Å². The fourth-order valence-electron chi connectivity index (χ4n) is 0.513. The third-order valence-electron chi connectivity index (χ3n) is 1.16. The Kier molecular flexibility index (Phi) is 3.83. The molecule has 0 aliphatic heterocycles. The average molecular weight is 212 g/mol. The maximum atomic E-state index is 10.7. The molecule has 0 fully saturated rings. The minimum atomic E-state index is -0.0741. The van der Waals surface area contributed by atoms with Gasteiger partial charge in [0.2, 0.25) is 0 Å². The van der Waals surface area contributed by atoms with Gasteiger partial charge < -0.3 is 11.5 Å². The Balaban J connectivity index is 0.000000810. The van der Waals surface area contributed by atoms with Crippen LogP contribution in [0.5, 0.6) is 0 Å². The van der Waals surface area contributed by atoms with Crippen LogP contribution >= 0.6 is 0 Å². The molecular formula is C6H7N2OY-. The molecule has 51 valence electrons. The zero-order valence-electron chi connectivity index (χ0n) is 5.74. The number of aromatic nitrogens is 2. The Bertz CT molecular complexity index is 269. The largest absolute Gasteiger partial charge is 0.340 e. The zero-order valence-corrected chi connectivity index (χ0v) is 8.58. The minimum Gasteiger partial charge on any atom is -0.340 e. The Morgan fingerprint density at radius 3 is 2.70 bits per heavy atom. The summed E-state index contributed by atoms with van der Waals surface area (Å²) in [5.41, 5.74) is -0.0741. The Morgan fingerprint density at radius 1 is 1.70 bits per heavy atom. The summed E-state index contributed by atoms with van der Waals surface area (Å²) >= 11 is 0. The van der Waals surface area contributed by atoms with E-state index in [1.807, 2.05) is 0 Å². The van der Waals surface area contributed by atoms with Crippen molar-refractivity contribution in [1.29, 1.82) is 0 Å². The average Bonchev–Trinajstić information content (AvgIpc) is 1.83. The van der Waals surface area contributed by atoms with Crippen LogP contribution in [0.4, 0.5) is 0 Å². The SMILES string of the molecule is [CH2-]c1nccc(=O)n1C.[Y]. The fraction of sp³-hybridized carbons (Fsp3) is 0.167. The van der Waals surface area contributed by atoms with E-state index in [4.69, 9.17) is 0 Å². The van der Waals surface area contributed by atoms with E-state index in [0.29, 0.717) is 5.82 Å². The molecule has 1 heterocycles. The van der Waals surface area contributed by atoms with Crippen LogP contribution in [0.25, 0.3) is 0 Å². The zero-order chi connectivity index (χ0) is 6.85. The van der Waals surface area contributed by atoms with Crippen LogP contribution in [0, 0.1) is 6.92 Å². The predicted octanol–water partition coefficient (Wildman–Crippen LogP) is -0.0400. The van der Waals surface area contributed by atoms with Crippen LogP contribution < -0.4 is 5.56 Å². The van der Waals surface area contributed by atoms with Crippen molar-refractivity contribution in [2.75, 3.05) is 0 Å². The molecule has 0 atom stereocenters. The summed E-state index contributed by atoms with van der Waals surface area (Å²) in [6, 6.07) is 1.40. The first-order chi connectivity index (χ1) is 4.22. The smallest absolute Gasteiger partial charge is 0.251 e. The van der Waals surface area contributed by atoms with Crippen LogP contribution in [0.15, 0.2) is 17.1 Å². The monoisotopic (exact) mass is 212 g/mol. The molecule has 0 N–H and O–H groups in total. The summed E-state index contributed by atoms with van der Waals surface area (Å²) in [7, 11) is 1.64. The first-order valence-electron chi connectivity index (χ1n) is 2.56. The molecule has 4 heteroatoms. The van der Waals surface area contributed by atoms with E-state index in [1.165, 1.54) is 16.8 Å². The van der Waals surface area contributed by atoms with Crippen molar-refractivity contribution in [2.45, 2.75) is 0 Å². The van der Waals surface area contributed by atoms with Crippen LogP contribution in [0.1, 0.15) is 5.82 Å². The molecule has 1 aromatic rings. The van der Waals surface area contributed by atoms with Crippen molar-refractivity contribution in [2.24, 2.45) is 7.05 Å². The quantitative estimate of drug-likeness (QED) is 0.565. The third-order valence-corrected chi connectivity index (χ3v) is 1.16. The predicted molar refractivity (Wildman–Crippen MR) is 33.9 cm³/mol. The summed E-state index contributed by atoms with van der Waals surface area (Å²) in [6.45, 7) is 3.53. The van der Waals surface area contributed by atoms with Gasteiger partial charge in [0, 0.05) is 52.0 Å². The minimum absolute atomic E-state index is 0. The molecule has 0 amide bonds. The second-order valence-electron chi connectivity index (χ2n) is 1.76. The van der Waals surface area contributed by atoms with Crippen molar-refractivity contribution in [3.05, 3.63) is 35.4 Å². The van der Waals surface area contributed by atoms with E-state index < -0.39 is 0 Å². The maximum absolute atomic E-state index is 10.7. The molecule has 0 unspecified atom stereocenters. The number of hydrogen-bond acceptors (Lipinski definition) is 2. The van der Waals surface area contributed by atoms with Gasteiger partial charge in [-0.25, -0.2) is 0 Å². The van der Waals surface area contributed by atoms with Crippen molar-refractivity contribution in [3.8, 4) is 0 Å². The Labute approximate surface area is 84.4 Å². The number of nitrogens with zero attached hydrogens (tertiary/aromatic N) is 2. The van der Waals surface area contributed by atoms with Crippen LogP contribution in [-0.4, -0.2) is 9.55 Å². The maximum Gasteiger partial charge on any atom is 0.251 e. The standard InChI is InChI=1S/C6H7N2O.Y/c1-5-7-4-3-6(9)8(5)2;/h3-4H,1H2,2H3;/q-1;. The summed E-state index contributed by atoms with van der Waals surface area (Å²) in [5.74, 6) is 0.488. The van der Waals surface area contributed by atoms with E-state index >= 15 is 0 Å². The summed E-state index contributed by atoms with van der Waals surface area (Å²) in [4.78, 5) is 14.5. The molecule has 3 nitrogen and oxygen atoms in total. The molecule has 0 saturated heterocycles. The van der Waals surface area contributed by atoms with E-state index in [2.05, 4.69) is 11.9 Å². The summed E-state index contributed by atoms with van der Waals surface area (Å²) in [6.07, 6.45) is 1.45. The second kappa shape index (κ2) is 3.89. The molecule has 0 saturated carbocycles. The van der Waals surface area contributed by atoms with Gasteiger partial charge in [-0.3, -0.25) is 9.78 Å². The summed E-state index contributed by atoms with van der Waals surface area (Å²) < 4.78 is 1.39. The fourth-order valence-corrected chi connectivity index (χ4v) is 0.513. The van der Waals surface area contributed by atoms with Gasteiger partial charge in [0.1, 0.15) is 0 Å². The Morgan fingerprint density at radius 2 is 2.30 bits per heavy atom. The molecular weight excluding hydrogens is 205 g/mol. The Hall–Kier alpha value is -0.146. The van der Waals surface area contributed by atoms with Crippen LogP contribution in [0.3, 0.4) is 0 Å². The normalized spacial score (nSPS) is 8.50. The second-order valence-corrected chi connectivity index (χ2v) is 1.76. The molecule has 1 radical (unpaired) electrons. The number of rotatable bonds is 0. The van der Waals surface area contributed by atoms with Crippen LogP contribution in [0.2, 0.25) is 0 Å². The first-order valence-corrected chi connectivity index (χ1v) is 2.56. The van der Waals surface area contributed by atoms with Gasteiger partial charge in [0.15, 0.2) is 0 Å². The van der Waals surface area contributed by atoms with Gasteiger partial charge in [-0.15, -0.1) is 0 Å². The molecule has 0 bridgehead atoms. The summed E-state index contributed by atoms with van der Waals surface area (Å²) in [5, 5.41) is 0. The van der Waals surface area contributed by atoms with Crippen LogP contribution in [-0.2, 0) is 39.8 Å². The van der Waals surface area contributed by atoms with E-state index in [1.54, 1.807) is 7.05 Å². The van der Waals surface area contributed by atoms with E-state index in [-0.39, 0.29) is 38.3 Å². The molecule has 0 aromatic carbocycles. The first kappa shape index (κ1) is 9.85. The van der Waals surface area contributed by atoms with Gasteiger partial charge in [-0.05, 0) is 5.82 Å². The molecule has 0 aliphatic rings. The third kappa shape index (κ3) is 1.92. The molecule has 0 spiro atoms. The van der Waals surface area contributed by atoms with Gasteiger partial charge in [-0.1, -0.05) is 0 Å².